The highest BCUT2D eigenvalue weighted by Crippen LogP contribution is 1.94. The Balaban J connectivity index is 2.03. The van der Waals surface area contributed by atoms with E-state index in [1.165, 1.54) is 0 Å². The molecule has 5 nitrogen and oxygen atoms in total. The number of aromatic nitrogens is 2. The quantitative estimate of drug-likeness (QED) is 0.506. The van der Waals surface area contributed by atoms with Gasteiger partial charge in [-0.15, -0.1) is 6.58 Å². The van der Waals surface area contributed by atoms with E-state index in [9.17, 15) is 4.79 Å². The largest absolute Gasteiger partial charge is 0.351 e. The molecule has 100 valence electrons. The number of unbranched alkanes of at least 4 members (excludes halogenated alkanes) is 1. The molecule has 0 aliphatic heterocycles. The lowest BCUT2D eigenvalue weighted by Gasteiger charge is -2.13. The molecule has 5 heteroatoms. The Morgan fingerprint density at radius 1 is 1.56 bits per heavy atom. The van der Waals surface area contributed by atoms with Crippen molar-refractivity contribution in [3.8, 4) is 0 Å². The Morgan fingerprint density at radius 2 is 2.39 bits per heavy atom. The molecule has 1 heterocycles. The highest BCUT2D eigenvalue weighted by molar-refractivity contribution is 5.81. The Labute approximate surface area is 108 Å². The molecular formula is C13H22N4O. The van der Waals surface area contributed by atoms with Gasteiger partial charge in [0, 0.05) is 25.5 Å². The fourth-order valence-corrected chi connectivity index (χ4v) is 1.58. The van der Waals surface area contributed by atoms with E-state index in [1.54, 1.807) is 12.3 Å². The molecule has 0 fully saturated rings. The number of carbonyl (C=O) groups excluding carboxylic acids is 1. The molecule has 0 saturated carbocycles. The molecule has 0 aromatic carbocycles. The third-order valence-electron chi connectivity index (χ3n) is 2.67. The van der Waals surface area contributed by atoms with E-state index in [1.807, 2.05) is 19.4 Å². The van der Waals surface area contributed by atoms with E-state index >= 15 is 0 Å². The third-order valence-corrected chi connectivity index (χ3v) is 2.67. The zero-order valence-electron chi connectivity index (χ0n) is 10.9. The molecule has 18 heavy (non-hydrogen) atoms. The summed E-state index contributed by atoms with van der Waals surface area (Å²) in [5.74, 6) is 0.0181. The number of nitrogens with one attached hydrogen (secondary N) is 2. The fraction of sp³-hybridized carbons (Fsp3) is 0.538. The molecule has 0 bridgehead atoms. The lowest BCUT2D eigenvalue weighted by atomic mass is 10.2. The first-order valence-electron chi connectivity index (χ1n) is 6.31. The minimum absolute atomic E-state index is 0.0181. The van der Waals surface area contributed by atoms with Crippen LogP contribution in [0, 0.1) is 0 Å². The van der Waals surface area contributed by atoms with Crippen LogP contribution in [0.4, 0.5) is 0 Å². The third kappa shape index (κ3) is 5.63. The molecule has 1 aromatic rings. The summed E-state index contributed by atoms with van der Waals surface area (Å²) in [5, 5.41) is 5.96. The second kappa shape index (κ2) is 8.47. The Hall–Kier alpha value is -1.62. The van der Waals surface area contributed by atoms with Crippen molar-refractivity contribution in [1.82, 2.24) is 20.2 Å². The van der Waals surface area contributed by atoms with Crippen LogP contribution in [0.3, 0.4) is 0 Å². The van der Waals surface area contributed by atoms with Crippen LogP contribution in [0.25, 0.3) is 0 Å². The normalized spacial score (nSPS) is 12.1. The first kappa shape index (κ1) is 14.4. The number of hydrogen-bond acceptors (Lipinski definition) is 3. The molecule has 1 atom stereocenters. The summed E-state index contributed by atoms with van der Waals surface area (Å²) in [6.07, 6.45) is 9.35. The van der Waals surface area contributed by atoms with Crippen molar-refractivity contribution in [2.24, 2.45) is 0 Å². The molecule has 0 aliphatic carbocycles. The first-order chi connectivity index (χ1) is 8.74. The van der Waals surface area contributed by atoms with Crippen LogP contribution in [-0.2, 0) is 11.3 Å². The van der Waals surface area contributed by atoms with E-state index in [0.29, 0.717) is 6.54 Å². The summed E-state index contributed by atoms with van der Waals surface area (Å²) in [4.78, 5) is 15.5. The average Bonchev–Trinajstić information content (AvgIpc) is 2.88. The maximum atomic E-state index is 11.5. The van der Waals surface area contributed by atoms with Crippen molar-refractivity contribution < 1.29 is 4.79 Å². The van der Waals surface area contributed by atoms with Gasteiger partial charge >= 0.3 is 0 Å². The lowest BCUT2D eigenvalue weighted by molar-refractivity contribution is -0.122. The number of imidazole rings is 1. The van der Waals surface area contributed by atoms with Crippen LogP contribution >= 0.6 is 0 Å². The van der Waals surface area contributed by atoms with E-state index in [0.717, 1.165) is 25.9 Å². The smallest absolute Gasteiger partial charge is 0.237 e. The van der Waals surface area contributed by atoms with Gasteiger partial charge in [-0.2, -0.15) is 0 Å². The maximum absolute atomic E-state index is 11.5. The van der Waals surface area contributed by atoms with Crippen LogP contribution in [0.1, 0.15) is 19.8 Å². The minimum atomic E-state index is -0.154. The molecule has 0 radical (unpaired) electrons. The van der Waals surface area contributed by atoms with Gasteiger partial charge in [-0.05, 0) is 26.3 Å². The second-order valence-electron chi connectivity index (χ2n) is 4.22. The topological polar surface area (TPSA) is 59.0 Å². The number of aryl methyl sites for hydroxylation is 1. The molecule has 1 amide bonds. The van der Waals surface area contributed by atoms with Crippen molar-refractivity contribution in [3.05, 3.63) is 31.4 Å². The highest BCUT2D eigenvalue weighted by Gasteiger charge is 2.09. The van der Waals surface area contributed by atoms with Gasteiger partial charge in [0.1, 0.15) is 0 Å². The summed E-state index contributed by atoms with van der Waals surface area (Å²) >= 11 is 0. The molecule has 1 unspecified atom stereocenters. The number of amides is 1. The van der Waals surface area contributed by atoms with Gasteiger partial charge in [-0.25, -0.2) is 4.98 Å². The van der Waals surface area contributed by atoms with E-state index in [2.05, 4.69) is 26.8 Å². The molecule has 1 aromatic heterocycles. The fourth-order valence-electron chi connectivity index (χ4n) is 1.58. The lowest BCUT2D eigenvalue weighted by Crippen LogP contribution is -2.42. The standard InChI is InChI=1S/C13H22N4O/c1-3-6-16-13(18)12(2)15-7-4-5-9-17-10-8-14-11-17/h3,8,10-12,15H,1,4-7,9H2,2H3,(H,16,18). The van der Waals surface area contributed by atoms with Crippen molar-refractivity contribution >= 4 is 5.91 Å². The Morgan fingerprint density at radius 3 is 3.06 bits per heavy atom. The predicted molar refractivity (Wildman–Crippen MR) is 72.1 cm³/mol. The van der Waals surface area contributed by atoms with Gasteiger partial charge in [0.15, 0.2) is 0 Å². The van der Waals surface area contributed by atoms with Gasteiger partial charge in [-0.3, -0.25) is 4.79 Å². The molecule has 0 aliphatic rings. The monoisotopic (exact) mass is 250 g/mol. The van der Waals surface area contributed by atoms with E-state index in [4.69, 9.17) is 0 Å². The number of hydrogen-bond donors (Lipinski definition) is 2. The zero-order valence-corrected chi connectivity index (χ0v) is 10.9. The first-order valence-corrected chi connectivity index (χ1v) is 6.31. The van der Waals surface area contributed by atoms with Crippen molar-refractivity contribution in [1.29, 1.82) is 0 Å². The predicted octanol–water partition coefficient (Wildman–Crippen LogP) is 0.944. The molecule has 2 N–H and O–H groups in total. The molecular weight excluding hydrogens is 228 g/mol. The van der Waals surface area contributed by atoms with Crippen LogP contribution < -0.4 is 10.6 Å². The van der Waals surface area contributed by atoms with Gasteiger partial charge in [0.25, 0.3) is 0 Å². The second-order valence-corrected chi connectivity index (χ2v) is 4.22. The van der Waals surface area contributed by atoms with Crippen molar-refractivity contribution in [2.75, 3.05) is 13.1 Å². The summed E-state index contributed by atoms with van der Waals surface area (Å²) in [7, 11) is 0. The van der Waals surface area contributed by atoms with Crippen molar-refractivity contribution in [2.45, 2.75) is 32.4 Å². The maximum Gasteiger partial charge on any atom is 0.237 e. The number of nitrogens with zero attached hydrogens (tertiary/aromatic N) is 2. The van der Waals surface area contributed by atoms with Crippen molar-refractivity contribution in [3.63, 3.8) is 0 Å². The Bertz CT molecular complexity index is 348. The summed E-state index contributed by atoms with van der Waals surface area (Å²) in [6, 6.07) is -0.154. The van der Waals surface area contributed by atoms with Crippen LogP contribution in [0.5, 0.6) is 0 Å². The number of rotatable bonds is 9. The summed E-state index contributed by atoms with van der Waals surface area (Å²) in [6.45, 7) is 7.76. The average molecular weight is 250 g/mol. The van der Waals surface area contributed by atoms with Gasteiger partial charge in [-0.1, -0.05) is 6.08 Å². The summed E-state index contributed by atoms with van der Waals surface area (Å²) in [5.41, 5.74) is 0. The highest BCUT2D eigenvalue weighted by atomic mass is 16.2. The van der Waals surface area contributed by atoms with E-state index < -0.39 is 0 Å². The van der Waals surface area contributed by atoms with Gasteiger partial charge < -0.3 is 15.2 Å². The van der Waals surface area contributed by atoms with Crippen LogP contribution in [0.15, 0.2) is 31.4 Å². The molecule has 0 spiro atoms. The SMILES string of the molecule is C=CCNC(=O)C(C)NCCCCn1ccnc1. The summed E-state index contributed by atoms with van der Waals surface area (Å²) < 4.78 is 2.06. The molecule has 0 saturated heterocycles. The number of carbonyl (C=O) groups is 1. The molecule has 1 rings (SSSR count). The van der Waals surface area contributed by atoms with E-state index in [-0.39, 0.29) is 11.9 Å². The van der Waals surface area contributed by atoms with Crippen LogP contribution in [-0.4, -0.2) is 34.6 Å². The zero-order chi connectivity index (χ0) is 13.2. The van der Waals surface area contributed by atoms with Crippen LogP contribution in [0.2, 0.25) is 0 Å². The van der Waals surface area contributed by atoms with Gasteiger partial charge in [0.2, 0.25) is 5.91 Å². The van der Waals surface area contributed by atoms with Gasteiger partial charge in [0.05, 0.1) is 12.4 Å². The Kier molecular flexibility index (Phi) is 6.79. The minimum Gasteiger partial charge on any atom is -0.351 e.